The van der Waals surface area contributed by atoms with Gasteiger partial charge >= 0.3 is 11.9 Å². The van der Waals surface area contributed by atoms with E-state index in [-0.39, 0.29) is 5.92 Å². The van der Waals surface area contributed by atoms with Crippen molar-refractivity contribution in [3.8, 4) is 0 Å². The molecule has 4 amide bonds. The van der Waals surface area contributed by atoms with Crippen LogP contribution in [0.5, 0.6) is 0 Å². The number of carbonyl (C=O) groups is 6. The van der Waals surface area contributed by atoms with Crippen LogP contribution in [0.25, 0.3) is 0 Å². The first-order valence-electron chi connectivity index (χ1n) is 8.69. The number of carbonyl (C=O) groups excluding carboxylic acids is 4. The lowest BCUT2D eigenvalue weighted by molar-refractivity contribution is -0.147. The topological polar surface area (TPSA) is 231 Å². The summed E-state index contributed by atoms with van der Waals surface area (Å²) in [7, 11) is 0. The minimum absolute atomic E-state index is 0.154. The molecule has 13 nitrogen and oxygen atoms in total. The van der Waals surface area contributed by atoms with Crippen molar-refractivity contribution in [1.82, 2.24) is 16.0 Å². The van der Waals surface area contributed by atoms with Crippen molar-refractivity contribution in [2.75, 3.05) is 6.54 Å². The van der Waals surface area contributed by atoms with Crippen LogP contribution in [0.3, 0.4) is 0 Å². The number of primary amides is 1. The van der Waals surface area contributed by atoms with Crippen LogP contribution in [-0.4, -0.2) is 70.5 Å². The number of rotatable bonds is 13. The van der Waals surface area contributed by atoms with Gasteiger partial charge < -0.3 is 37.6 Å². The molecule has 29 heavy (non-hydrogen) atoms. The molecule has 0 aromatic carbocycles. The largest absolute Gasteiger partial charge is 0.481 e. The van der Waals surface area contributed by atoms with Crippen molar-refractivity contribution >= 4 is 35.6 Å². The van der Waals surface area contributed by atoms with E-state index in [2.05, 4.69) is 10.6 Å². The molecule has 164 valence electrons. The molecule has 0 spiro atoms. The summed E-state index contributed by atoms with van der Waals surface area (Å²) in [6.45, 7) is 3.17. The predicted molar refractivity (Wildman–Crippen MR) is 98.0 cm³/mol. The number of amides is 4. The van der Waals surface area contributed by atoms with Gasteiger partial charge in [-0.05, 0) is 12.3 Å². The monoisotopic (exact) mass is 417 g/mol. The molecule has 0 bridgehead atoms. The first kappa shape index (κ1) is 25.8. The maximum absolute atomic E-state index is 12.2. The highest BCUT2D eigenvalue weighted by atomic mass is 16.4. The average molecular weight is 417 g/mol. The molecule has 13 heteroatoms. The van der Waals surface area contributed by atoms with Crippen molar-refractivity contribution in [3.63, 3.8) is 0 Å². The fourth-order valence-electron chi connectivity index (χ4n) is 2.22. The molecule has 0 saturated carbocycles. The van der Waals surface area contributed by atoms with Gasteiger partial charge in [0.15, 0.2) is 0 Å². The third kappa shape index (κ3) is 11.3. The van der Waals surface area contributed by atoms with Crippen LogP contribution in [0, 0.1) is 5.92 Å². The van der Waals surface area contributed by atoms with Crippen LogP contribution in [0.2, 0.25) is 0 Å². The Labute approximate surface area is 166 Å². The van der Waals surface area contributed by atoms with Gasteiger partial charge in [0.05, 0.1) is 25.4 Å². The van der Waals surface area contributed by atoms with Gasteiger partial charge in [0, 0.05) is 0 Å². The molecule has 0 unspecified atom stereocenters. The molecule has 0 aliphatic rings. The van der Waals surface area contributed by atoms with E-state index in [4.69, 9.17) is 21.7 Å². The van der Waals surface area contributed by atoms with E-state index >= 15 is 0 Å². The van der Waals surface area contributed by atoms with Gasteiger partial charge in [0.2, 0.25) is 23.6 Å². The first-order chi connectivity index (χ1) is 13.3. The van der Waals surface area contributed by atoms with Crippen molar-refractivity contribution in [1.29, 1.82) is 0 Å². The predicted octanol–water partition coefficient (Wildman–Crippen LogP) is -3.12. The van der Waals surface area contributed by atoms with Crippen LogP contribution in [0.1, 0.15) is 33.1 Å². The lowest BCUT2D eigenvalue weighted by Crippen LogP contribution is -2.55. The molecule has 0 aromatic heterocycles. The number of hydrogen-bond acceptors (Lipinski definition) is 7. The number of carboxylic acids is 2. The van der Waals surface area contributed by atoms with E-state index in [1.165, 1.54) is 0 Å². The fourth-order valence-corrected chi connectivity index (χ4v) is 2.22. The molecule has 0 radical (unpaired) electrons. The Bertz CT molecular complexity index is 651. The smallest absolute Gasteiger partial charge is 0.326 e. The summed E-state index contributed by atoms with van der Waals surface area (Å²) in [5, 5.41) is 24.0. The van der Waals surface area contributed by atoms with E-state index in [0.29, 0.717) is 6.42 Å². The van der Waals surface area contributed by atoms with E-state index in [1.807, 2.05) is 19.2 Å². The van der Waals surface area contributed by atoms with Gasteiger partial charge in [0.1, 0.15) is 12.1 Å². The third-order valence-electron chi connectivity index (χ3n) is 3.54. The van der Waals surface area contributed by atoms with Crippen LogP contribution < -0.4 is 27.4 Å². The Morgan fingerprint density at radius 1 is 0.897 bits per heavy atom. The second-order valence-electron chi connectivity index (χ2n) is 6.74. The second-order valence-corrected chi connectivity index (χ2v) is 6.74. The molecule has 0 heterocycles. The number of nitrogens with one attached hydrogen (secondary N) is 3. The Hall–Kier alpha value is -3.22. The van der Waals surface area contributed by atoms with Crippen molar-refractivity contribution in [3.05, 3.63) is 0 Å². The van der Waals surface area contributed by atoms with E-state index in [9.17, 15) is 28.8 Å². The van der Waals surface area contributed by atoms with E-state index in [1.54, 1.807) is 0 Å². The molecular weight excluding hydrogens is 390 g/mol. The van der Waals surface area contributed by atoms with Crippen LogP contribution >= 0.6 is 0 Å². The maximum atomic E-state index is 12.2. The summed E-state index contributed by atoms with van der Waals surface area (Å²) in [6, 6.07) is -4.17. The van der Waals surface area contributed by atoms with E-state index < -0.39 is 73.1 Å². The highest BCUT2D eigenvalue weighted by Gasteiger charge is 2.29. The summed E-state index contributed by atoms with van der Waals surface area (Å²) in [6.07, 6.45) is -1.19. The zero-order valence-electron chi connectivity index (χ0n) is 16.1. The van der Waals surface area contributed by atoms with Gasteiger partial charge in [-0.3, -0.25) is 24.0 Å². The minimum Gasteiger partial charge on any atom is -0.481 e. The zero-order valence-corrected chi connectivity index (χ0v) is 16.1. The zero-order chi connectivity index (χ0) is 22.7. The number of nitrogens with two attached hydrogens (primary N) is 2. The lowest BCUT2D eigenvalue weighted by atomic mass is 10.0. The van der Waals surface area contributed by atoms with Crippen molar-refractivity contribution in [2.45, 2.75) is 51.2 Å². The van der Waals surface area contributed by atoms with Crippen LogP contribution in [0.4, 0.5) is 0 Å². The molecule has 9 N–H and O–H groups in total. The summed E-state index contributed by atoms with van der Waals surface area (Å²) in [4.78, 5) is 68.8. The minimum atomic E-state index is -1.78. The summed E-state index contributed by atoms with van der Waals surface area (Å²) >= 11 is 0. The molecular formula is C16H27N5O8. The summed E-state index contributed by atoms with van der Waals surface area (Å²) < 4.78 is 0. The third-order valence-corrected chi connectivity index (χ3v) is 3.54. The van der Waals surface area contributed by atoms with Gasteiger partial charge in [-0.25, -0.2) is 4.79 Å². The molecule has 0 aromatic rings. The molecule has 3 atom stereocenters. The SMILES string of the molecule is CC(C)C[C@H](N)C(=O)NCC(=O)N[C@@H](CC(N)=O)C(=O)N[C@@H](CC(=O)O)C(=O)O. The average Bonchev–Trinajstić information content (AvgIpc) is 2.56. The normalized spacial score (nSPS) is 13.7. The number of carboxylic acid groups (broad SMARTS) is 2. The molecule has 0 aliphatic carbocycles. The van der Waals surface area contributed by atoms with Gasteiger partial charge in [-0.15, -0.1) is 0 Å². The van der Waals surface area contributed by atoms with Crippen LogP contribution in [0.15, 0.2) is 0 Å². The summed E-state index contributed by atoms with van der Waals surface area (Å²) in [5.41, 5.74) is 10.7. The fraction of sp³-hybridized carbons (Fsp3) is 0.625. The maximum Gasteiger partial charge on any atom is 0.326 e. The Balaban J connectivity index is 4.92. The van der Waals surface area contributed by atoms with Crippen molar-refractivity contribution in [2.24, 2.45) is 17.4 Å². The van der Waals surface area contributed by atoms with E-state index in [0.717, 1.165) is 0 Å². The molecule has 0 saturated heterocycles. The number of hydrogen-bond donors (Lipinski definition) is 7. The van der Waals surface area contributed by atoms with Gasteiger partial charge in [-0.1, -0.05) is 13.8 Å². The standard InChI is InChI=1S/C16H27N5O8/c1-7(2)3-8(17)14(26)19-6-12(23)20-9(4-11(18)22)15(27)21-10(16(28)29)5-13(24)25/h7-10H,3-6,17H2,1-2H3,(H2,18,22)(H,19,26)(H,20,23)(H,21,27)(H,24,25)(H,28,29)/t8-,9-,10-/m0/s1. The molecule has 0 aliphatic heterocycles. The Morgan fingerprint density at radius 2 is 1.48 bits per heavy atom. The number of aliphatic carboxylic acids is 2. The lowest BCUT2D eigenvalue weighted by Gasteiger charge is -2.20. The molecule has 0 fully saturated rings. The van der Waals surface area contributed by atoms with Crippen LogP contribution in [-0.2, 0) is 28.8 Å². The highest BCUT2D eigenvalue weighted by Crippen LogP contribution is 2.02. The first-order valence-corrected chi connectivity index (χ1v) is 8.69. The van der Waals surface area contributed by atoms with Crippen molar-refractivity contribution < 1.29 is 39.0 Å². The highest BCUT2D eigenvalue weighted by molar-refractivity contribution is 5.95. The summed E-state index contributed by atoms with van der Waals surface area (Å²) in [5.74, 6) is -6.47. The Morgan fingerprint density at radius 3 is 1.93 bits per heavy atom. The quantitative estimate of drug-likeness (QED) is 0.160. The van der Waals surface area contributed by atoms with Gasteiger partial charge in [0.25, 0.3) is 0 Å². The Kier molecular flexibility index (Phi) is 10.9. The van der Waals surface area contributed by atoms with Gasteiger partial charge in [-0.2, -0.15) is 0 Å². The second kappa shape index (κ2) is 12.3. The molecule has 0 rings (SSSR count).